The second kappa shape index (κ2) is 2.71. The standard InChI is InChI=1S/C5H3ClN2O3/c6-3-1-2(5(10)11)4(9)8-7-3/h1H,(H,8,9)(H,10,11). The van der Waals surface area contributed by atoms with Gasteiger partial charge in [0, 0.05) is 0 Å². The maximum absolute atomic E-state index is 10.3. The molecular weight excluding hydrogens is 172 g/mol. The molecule has 0 unspecified atom stereocenters. The van der Waals surface area contributed by atoms with E-state index in [1.54, 1.807) is 0 Å². The molecule has 58 valence electrons. The van der Waals surface area contributed by atoms with Crippen molar-refractivity contribution in [3.8, 4) is 5.88 Å². The second-order valence-electron chi connectivity index (χ2n) is 1.71. The molecule has 0 saturated carbocycles. The van der Waals surface area contributed by atoms with Crippen molar-refractivity contribution >= 4 is 17.6 Å². The monoisotopic (exact) mass is 174 g/mol. The average Bonchev–Trinajstić information content (AvgIpc) is 1.94. The maximum Gasteiger partial charge on any atom is 0.341 e. The summed E-state index contributed by atoms with van der Waals surface area (Å²) in [5.41, 5.74) is -0.356. The number of carbonyl (C=O) groups is 1. The molecule has 0 amide bonds. The van der Waals surface area contributed by atoms with Crippen molar-refractivity contribution in [1.82, 2.24) is 10.2 Å². The van der Waals surface area contributed by atoms with Crippen LogP contribution in [0.5, 0.6) is 5.88 Å². The summed E-state index contributed by atoms with van der Waals surface area (Å²) < 4.78 is 0. The van der Waals surface area contributed by atoms with Gasteiger partial charge in [-0.3, -0.25) is 0 Å². The van der Waals surface area contributed by atoms with Crippen molar-refractivity contribution in [2.45, 2.75) is 0 Å². The zero-order chi connectivity index (χ0) is 8.43. The molecule has 5 nitrogen and oxygen atoms in total. The first-order chi connectivity index (χ1) is 5.11. The molecule has 1 aromatic rings. The molecule has 1 rings (SSSR count). The van der Waals surface area contributed by atoms with Gasteiger partial charge in [-0.2, -0.15) is 0 Å². The van der Waals surface area contributed by atoms with Crippen LogP contribution in [0.3, 0.4) is 0 Å². The number of aromatic carboxylic acids is 1. The van der Waals surface area contributed by atoms with Crippen molar-refractivity contribution in [2.24, 2.45) is 0 Å². The fourth-order valence-corrected chi connectivity index (χ4v) is 0.666. The summed E-state index contributed by atoms with van der Waals surface area (Å²) in [7, 11) is 0. The number of aromatic nitrogens is 2. The fourth-order valence-electron chi connectivity index (χ4n) is 0.519. The zero-order valence-corrected chi connectivity index (χ0v) is 5.91. The lowest BCUT2D eigenvalue weighted by Crippen LogP contribution is -1.99. The van der Waals surface area contributed by atoms with Gasteiger partial charge in [-0.05, 0) is 6.07 Å². The van der Waals surface area contributed by atoms with Crippen LogP contribution in [0.25, 0.3) is 0 Å². The Morgan fingerprint density at radius 2 is 2.18 bits per heavy atom. The van der Waals surface area contributed by atoms with Gasteiger partial charge in [-0.15, -0.1) is 10.2 Å². The highest BCUT2D eigenvalue weighted by Crippen LogP contribution is 2.14. The predicted molar refractivity (Wildman–Crippen MR) is 35.7 cm³/mol. The number of hydrogen-bond acceptors (Lipinski definition) is 4. The summed E-state index contributed by atoms with van der Waals surface area (Å²) in [6.07, 6.45) is 0. The van der Waals surface area contributed by atoms with E-state index in [1.165, 1.54) is 0 Å². The Morgan fingerprint density at radius 1 is 1.55 bits per heavy atom. The first-order valence-electron chi connectivity index (χ1n) is 2.56. The largest absolute Gasteiger partial charge is 0.492 e. The van der Waals surface area contributed by atoms with Crippen molar-refractivity contribution < 1.29 is 15.0 Å². The molecule has 0 atom stereocenters. The third-order valence-corrected chi connectivity index (χ3v) is 1.16. The van der Waals surface area contributed by atoms with E-state index < -0.39 is 11.8 Å². The number of halogens is 1. The number of carboxylic acid groups (broad SMARTS) is 1. The minimum Gasteiger partial charge on any atom is -0.492 e. The summed E-state index contributed by atoms with van der Waals surface area (Å²) in [6, 6.07) is 1.02. The van der Waals surface area contributed by atoms with E-state index in [-0.39, 0.29) is 10.7 Å². The third kappa shape index (κ3) is 1.56. The SMILES string of the molecule is O=C(O)c1cc(Cl)nnc1O. The topological polar surface area (TPSA) is 83.3 Å². The first kappa shape index (κ1) is 7.74. The summed E-state index contributed by atoms with van der Waals surface area (Å²) in [5, 5.41) is 23.4. The van der Waals surface area contributed by atoms with Crippen LogP contribution in [0, 0.1) is 0 Å². The molecular formula is C5H3ClN2O3. The van der Waals surface area contributed by atoms with E-state index in [2.05, 4.69) is 10.2 Å². The Morgan fingerprint density at radius 3 is 2.64 bits per heavy atom. The second-order valence-corrected chi connectivity index (χ2v) is 2.10. The molecule has 0 bridgehead atoms. The smallest absolute Gasteiger partial charge is 0.341 e. The average molecular weight is 175 g/mol. The van der Waals surface area contributed by atoms with Crippen LogP contribution in [0.2, 0.25) is 5.15 Å². The van der Waals surface area contributed by atoms with Crippen molar-refractivity contribution in [2.75, 3.05) is 0 Å². The predicted octanol–water partition coefficient (Wildman–Crippen LogP) is 0.534. The normalized spacial score (nSPS) is 9.55. The van der Waals surface area contributed by atoms with Crippen molar-refractivity contribution in [1.29, 1.82) is 0 Å². The van der Waals surface area contributed by atoms with E-state index in [9.17, 15) is 4.79 Å². The van der Waals surface area contributed by atoms with Crippen LogP contribution in [0.1, 0.15) is 10.4 Å². The van der Waals surface area contributed by atoms with Crippen LogP contribution >= 0.6 is 11.6 Å². The van der Waals surface area contributed by atoms with Crippen LogP contribution < -0.4 is 0 Å². The van der Waals surface area contributed by atoms with E-state index in [0.717, 1.165) is 6.07 Å². The van der Waals surface area contributed by atoms with Gasteiger partial charge in [0.2, 0.25) is 5.88 Å². The highest BCUT2D eigenvalue weighted by atomic mass is 35.5. The number of aromatic hydroxyl groups is 1. The van der Waals surface area contributed by atoms with E-state index in [1.807, 2.05) is 0 Å². The van der Waals surface area contributed by atoms with Gasteiger partial charge >= 0.3 is 5.97 Å². The van der Waals surface area contributed by atoms with E-state index in [4.69, 9.17) is 21.8 Å². The number of rotatable bonds is 1. The number of carboxylic acids is 1. The Kier molecular flexibility index (Phi) is 1.91. The van der Waals surface area contributed by atoms with Gasteiger partial charge in [-0.25, -0.2) is 4.79 Å². The Bertz CT molecular complexity index is 302. The summed E-state index contributed by atoms with van der Waals surface area (Å²) in [4.78, 5) is 10.3. The van der Waals surface area contributed by atoms with Gasteiger partial charge in [0.15, 0.2) is 5.15 Å². The molecule has 1 aromatic heterocycles. The van der Waals surface area contributed by atoms with Crippen molar-refractivity contribution in [3.05, 3.63) is 16.8 Å². The van der Waals surface area contributed by atoms with Gasteiger partial charge in [-0.1, -0.05) is 11.6 Å². The quantitative estimate of drug-likeness (QED) is 0.649. The molecule has 0 spiro atoms. The maximum atomic E-state index is 10.3. The molecule has 0 aliphatic carbocycles. The van der Waals surface area contributed by atoms with Crippen LogP contribution in [-0.4, -0.2) is 26.4 Å². The molecule has 6 heteroatoms. The molecule has 11 heavy (non-hydrogen) atoms. The Hall–Kier alpha value is -1.36. The highest BCUT2D eigenvalue weighted by Gasteiger charge is 2.11. The van der Waals surface area contributed by atoms with Gasteiger partial charge in [0.05, 0.1) is 0 Å². The molecule has 0 saturated heterocycles. The summed E-state index contributed by atoms with van der Waals surface area (Å²) >= 11 is 5.31. The van der Waals surface area contributed by atoms with Gasteiger partial charge < -0.3 is 10.2 Å². The van der Waals surface area contributed by atoms with Crippen LogP contribution in [0.4, 0.5) is 0 Å². The first-order valence-corrected chi connectivity index (χ1v) is 2.94. The Labute approximate surface area is 66.3 Å². The zero-order valence-electron chi connectivity index (χ0n) is 5.15. The van der Waals surface area contributed by atoms with Crippen LogP contribution in [-0.2, 0) is 0 Å². The van der Waals surface area contributed by atoms with E-state index in [0.29, 0.717) is 0 Å². The molecule has 0 aliphatic heterocycles. The molecule has 0 aliphatic rings. The molecule has 0 fully saturated rings. The molecule has 1 heterocycles. The molecule has 0 aromatic carbocycles. The number of hydrogen-bond donors (Lipinski definition) is 2. The lowest BCUT2D eigenvalue weighted by Gasteiger charge is -1.95. The highest BCUT2D eigenvalue weighted by molar-refractivity contribution is 6.29. The summed E-state index contributed by atoms with van der Waals surface area (Å²) in [6.45, 7) is 0. The van der Waals surface area contributed by atoms with Crippen LogP contribution in [0.15, 0.2) is 6.07 Å². The Balaban J connectivity index is 3.23. The summed E-state index contributed by atoms with van der Waals surface area (Å²) in [5.74, 6) is -1.93. The number of nitrogens with zero attached hydrogens (tertiary/aromatic N) is 2. The third-order valence-electron chi connectivity index (χ3n) is 0.975. The van der Waals surface area contributed by atoms with Crippen molar-refractivity contribution in [3.63, 3.8) is 0 Å². The van der Waals surface area contributed by atoms with E-state index >= 15 is 0 Å². The lowest BCUT2D eigenvalue weighted by atomic mass is 10.3. The fraction of sp³-hybridized carbons (Fsp3) is 0. The lowest BCUT2D eigenvalue weighted by molar-refractivity contribution is 0.0692. The van der Waals surface area contributed by atoms with Gasteiger partial charge in [0.1, 0.15) is 5.56 Å². The minimum absolute atomic E-state index is 0.0693. The van der Waals surface area contributed by atoms with Gasteiger partial charge in [0.25, 0.3) is 0 Å². The molecule has 2 N–H and O–H groups in total. The minimum atomic E-state index is -1.29. The molecule has 0 radical (unpaired) electrons.